The summed E-state index contributed by atoms with van der Waals surface area (Å²) in [7, 11) is 0. The Labute approximate surface area is 165 Å². The predicted octanol–water partition coefficient (Wildman–Crippen LogP) is 5.56. The van der Waals surface area contributed by atoms with E-state index in [0.29, 0.717) is 0 Å². The van der Waals surface area contributed by atoms with E-state index >= 15 is 0 Å². The summed E-state index contributed by atoms with van der Waals surface area (Å²) in [6, 6.07) is 6.37. The van der Waals surface area contributed by atoms with Gasteiger partial charge in [0.15, 0.2) is 6.10 Å². The first-order chi connectivity index (χ1) is 13.3. The van der Waals surface area contributed by atoms with Crippen LogP contribution >= 0.6 is 11.6 Å². The number of ether oxygens (including phenoxy) is 1. The van der Waals surface area contributed by atoms with Crippen molar-refractivity contribution >= 4 is 29.2 Å². The Hall–Kier alpha value is -2.75. The van der Waals surface area contributed by atoms with Gasteiger partial charge in [-0.2, -0.15) is 26.3 Å². The van der Waals surface area contributed by atoms with Gasteiger partial charge in [0.2, 0.25) is 0 Å². The molecule has 0 aliphatic carbocycles. The normalized spacial score (nSPS) is 13.0. The predicted molar refractivity (Wildman–Crippen MR) is 91.4 cm³/mol. The lowest BCUT2D eigenvalue weighted by atomic mass is 10.0. The van der Waals surface area contributed by atoms with Crippen LogP contribution in [-0.4, -0.2) is 18.0 Å². The fourth-order valence-electron chi connectivity index (χ4n) is 2.15. The van der Waals surface area contributed by atoms with Crippen molar-refractivity contribution in [3.8, 4) is 0 Å². The van der Waals surface area contributed by atoms with Crippen molar-refractivity contribution in [3.05, 3.63) is 64.2 Å². The number of nitrogens with one attached hydrogen (secondary N) is 1. The SMILES string of the molecule is CC(OC(=O)c1cc(C(F)(F)F)cc(C(F)(F)F)c1)C(=O)Nc1ccccc1Cl. The third kappa shape index (κ3) is 5.86. The topological polar surface area (TPSA) is 55.4 Å². The van der Waals surface area contributed by atoms with E-state index in [4.69, 9.17) is 16.3 Å². The molecule has 2 aromatic rings. The van der Waals surface area contributed by atoms with E-state index in [9.17, 15) is 35.9 Å². The van der Waals surface area contributed by atoms with Crippen LogP contribution in [0.5, 0.6) is 0 Å². The number of esters is 1. The van der Waals surface area contributed by atoms with Crippen molar-refractivity contribution in [3.63, 3.8) is 0 Å². The van der Waals surface area contributed by atoms with Crippen molar-refractivity contribution in [2.45, 2.75) is 25.4 Å². The molecule has 0 saturated heterocycles. The van der Waals surface area contributed by atoms with Crippen LogP contribution in [0.25, 0.3) is 0 Å². The smallest absolute Gasteiger partial charge is 0.416 e. The van der Waals surface area contributed by atoms with Gasteiger partial charge in [-0.05, 0) is 37.3 Å². The van der Waals surface area contributed by atoms with Gasteiger partial charge in [0, 0.05) is 0 Å². The van der Waals surface area contributed by atoms with Crippen molar-refractivity contribution in [1.29, 1.82) is 0 Å². The second-order valence-electron chi connectivity index (χ2n) is 5.81. The first kappa shape index (κ1) is 22.5. The summed E-state index contributed by atoms with van der Waals surface area (Å²) in [6.07, 6.45) is -11.8. The third-order valence-corrected chi connectivity index (χ3v) is 3.94. The van der Waals surface area contributed by atoms with Crippen LogP contribution in [0.1, 0.15) is 28.4 Å². The number of para-hydroxylation sites is 1. The monoisotopic (exact) mass is 439 g/mol. The number of anilines is 1. The van der Waals surface area contributed by atoms with Gasteiger partial charge in [0.25, 0.3) is 5.91 Å². The summed E-state index contributed by atoms with van der Waals surface area (Å²) in [5, 5.41) is 2.50. The van der Waals surface area contributed by atoms with Crippen molar-refractivity contribution < 1.29 is 40.7 Å². The largest absolute Gasteiger partial charge is 0.449 e. The van der Waals surface area contributed by atoms with Crippen LogP contribution in [0.2, 0.25) is 5.02 Å². The standard InChI is InChI=1S/C18H12ClF6NO3/c1-9(15(27)26-14-5-3-2-4-13(14)19)29-16(28)10-6-11(17(20,21)22)8-12(7-10)18(23,24)25/h2-9H,1H3,(H,26,27). The number of halogens is 7. The molecule has 0 aromatic heterocycles. The van der Waals surface area contributed by atoms with E-state index in [-0.39, 0.29) is 28.9 Å². The molecule has 0 aliphatic heterocycles. The zero-order valence-corrected chi connectivity index (χ0v) is 15.2. The number of amides is 1. The molecule has 11 heteroatoms. The highest BCUT2D eigenvalue weighted by molar-refractivity contribution is 6.33. The van der Waals surface area contributed by atoms with Crippen LogP contribution in [0, 0.1) is 0 Å². The van der Waals surface area contributed by atoms with Crippen LogP contribution < -0.4 is 5.32 Å². The Morgan fingerprint density at radius 2 is 1.48 bits per heavy atom. The quantitative estimate of drug-likeness (QED) is 0.501. The maximum Gasteiger partial charge on any atom is 0.416 e. The van der Waals surface area contributed by atoms with Crippen LogP contribution in [0.3, 0.4) is 0 Å². The highest BCUT2D eigenvalue weighted by atomic mass is 35.5. The molecule has 156 valence electrons. The first-order valence-corrected chi connectivity index (χ1v) is 8.22. The lowest BCUT2D eigenvalue weighted by molar-refractivity contribution is -0.143. The zero-order chi connectivity index (χ0) is 22.0. The highest BCUT2D eigenvalue weighted by Crippen LogP contribution is 2.36. The van der Waals surface area contributed by atoms with E-state index < -0.39 is 47.0 Å². The molecule has 0 radical (unpaired) electrons. The number of benzene rings is 2. The molecule has 0 aliphatic rings. The van der Waals surface area contributed by atoms with Gasteiger partial charge >= 0.3 is 18.3 Å². The third-order valence-electron chi connectivity index (χ3n) is 3.61. The summed E-state index contributed by atoms with van der Waals surface area (Å²) in [5.41, 5.74) is -4.16. The molecule has 1 atom stereocenters. The zero-order valence-electron chi connectivity index (χ0n) is 14.5. The molecule has 0 saturated carbocycles. The molecule has 0 spiro atoms. The van der Waals surface area contributed by atoms with Gasteiger partial charge in [-0.25, -0.2) is 4.79 Å². The van der Waals surface area contributed by atoms with Gasteiger partial charge < -0.3 is 10.1 Å². The van der Waals surface area contributed by atoms with E-state index in [1.165, 1.54) is 12.1 Å². The van der Waals surface area contributed by atoms with Crippen LogP contribution in [-0.2, 0) is 21.9 Å². The average Bonchev–Trinajstić information content (AvgIpc) is 2.61. The maximum absolute atomic E-state index is 12.9. The molecular formula is C18H12ClF6NO3. The van der Waals surface area contributed by atoms with Crippen molar-refractivity contribution in [1.82, 2.24) is 0 Å². The molecule has 4 nitrogen and oxygen atoms in total. The van der Waals surface area contributed by atoms with E-state index in [1.54, 1.807) is 12.1 Å². The van der Waals surface area contributed by atoms with Crippen LogP contribution in [0.4, 0.5) is 32.0 Å². The molecule has 0 bridgehead atoms. The number of carbonyl (C=O) groups excluding carboxylic acids is 2. The summed E-state index contributed by atoms with van der Waals surface area (Å²) in [5.74, 6) is -2.40. The molecule has 1 amide bonds. The van der Waals surface area contributed by atoms with Gasteiger partial charge in [-0.15, -0.1) is 0 Å². The summed E-state index contributed by atoms with van der Waals surface area (Å²) < 4.78 is 82.0. The summed E-state index contributed by atoms with van der Waals surface area (Å²) in [6.45, 7) is 1.10. The Balaban J connectivity index is 2.23. The molecule has 1 N–H and O–H groups in total. The second kappa shape index (κ2) is 8.32. The Bertz CT molecular complexity index is 894. The van der Waals surface area contributed by atoms with Crippen molar-refractivity contribution in [2.24, 2.45) is 0 Å². The minimum absolute atomic E-state index is 0.121. The first-order valence-electron chi connectivity index (χ1n) is 7.85. The Kier molecular flexibility index (Phi) is 6.46. The van der Waals surface area contributed by atoms with E-state index in [0.717, 1.165) is 6.92 Å². The Morgan fingerprint density at radius 1 is 0.966 bits per heavy atom. The molecule has 0 heterocycles. The lowest BCUT2D eigenvalue weighted by Crippen LogP contribution is -2.30. The van der Waals surface area contributed by atoms with Gasteiger partial charge in [-0.3, -0.25) is 4.79 Å². The molecule has 2 aromatic carbocycles. The minimum Gasteiger partial charge on any atom is -0.449 e. The molecule has 1 unspecified atom stereocenters. The van der Waals surface area contributed by atoms with Gasteiger partial charge in [0.1, 0.15) is 0 Å². The summed E-state index contributed by atoms with van der Waals surface area (Å²) >= 11 is 5.86. The fourth-order valence-corrected chi connectivity index (χ4v) is 2.33. The fraction of sp³-hybridized carbons (Fsp3) is 0.222. The minimum atomic E-state index is -5.12. The van der Waals surface area contributed by atoms with Crippen LogP contribution in [0.15, 0.2) is 42.5 Å². The number of hydrogen-bond acceptors (Lipinski definition) is 3. The average molecular weight is 440 g/mol. The second-order valence-corrected chi connectivity index (χ2v) is 6.22. The lowest BCUT2D eigenvalue weighted by Gasteiger charge is -2.16. The summed E-state index contributed by atoms with van der Waals surface area (Å²) in [4.78, 5) is 24.2. The van der Waals surface area contributed by atoms with Gasteiger partial charge in [-0.1, -0.05) is 23.7 Å². The number of rotatable bonds is 4. The number of hydrogen-bond donors (Lipinski definition) is 1. The van der Waals surface area contributed by atoms with Gasteiger partial charge in [0.05, 0.1) is 27.4 Å². The molecule has 29 heavy (non-hydrogen) atoms. The Morgan fingerprint density at radius 3 is 1.97 bits per heavy atom. The van der Waals surface area contributed by atoms with Crippen molar-refractivity contribution in [2.75, 3.05) is 5.32 Å². The van der Waals surface area contributed by atoms with E-state index in [2.05, 4.69) is 5.32 Å². The highest BCUT2D eigenvalue weighted by Gasteiger charge is 2.38. The number of carbonyl (C=O) groups is 2. The van der Waals surface area contributed by atoms with E-state index in [1.807, 2.05) is 0 Å². The maximum atomic E-state index is 12.9. The molecule has 2 rings (SSSR count). The molecule has 0 fully saturated rings. The molecular weight excluding hydrogens is 428 g/mol. The number of alkyl halides is 6.